The molecule has 1 aliphatic rings. The Bertz CT molecular complexity index is 163. The summed E-state index contributed by atoms with van der Waals surface area (Å²) in [5.41, 5.74) is -0.329. The Morgan fingerprint density at radius 1 is 1.50 bits per heavy atom. The summed E-state index contributed by atoms with van der Waals surface area (Å²) >= 11 is 0. The molecule has 12 heavy (non-hydrogen) atoms. The largest absolute Gasteiger partial charge is 0.395 e. The second kappa shape index (κ2) is 3.56. The molecule has 1 N–H and O–H groups in total. The molecule has 1 saturated carbocycles. The topological polar surface area (TPSA) is 37.3 Å². The fourth-order valence-electron chi connectivity index (χ4n) is 1.72. The summed E-state index contributed by atoms with van der Waals surface area (Å²) in [6, 6.07) is 0. The fourth-order valence-corrected chi connectivity index (χ4v) is 1.72. The van der Waals surface area contributed by atoms with Crippen LogP contribution in [0.5, 0.6) is 0 Å². The van der Waals surface area contributed by atoms with E-state index in [1.54, 1.807) is 0 Å². The summed E-state index contributed by atoms with van der Waals surface area (Å²) < 4.78 is 0. The summed E-state index contributed by atoms with van der Waals surface area (Å²) in [7, 11) is 0. The highest BCUT2D eigenvalue weighted by molar-refractivity contribution is 5.85. The lowest BCUT2D eigenvalue weighted by Crippen LogP contribution is -2.41. The van der Waals surface area contributed by atoms with Crippen LogP contribution in [0.2, 0.25) is 0 Å². The van der Waals surface area contributed by atoms with Gasteiger partial charge in [0.25, 0.3) is 0 Å². The van der Waals surface area contributed by atoms with Crippen molar-refractivity contribution in [1.29, 1.82) is 0 Å². The molecule has 1 aliphatic carbocycles. The van der Waals surface area contributed by atoms with Gasteiger partial charge in [0.2, 0.25) is 0 Å². The number of aliphatic hydroxyl groups excluding tert-OH is 1. The van der Waals surface area contributed by atoms with E-state index in [0.717, 1.165) is 19.3 Å². The highest BCUT2D eigenvalue weighted by Gasteiger charge is 2.42. The smallest absolute Gasteiger partial charge is 0.141 e. The Morgan fingerprint density at radius 2 is 2.08 bits per heavy atom. The predicted molar refractivity (Wildman–Crippen MR) is 47.8 cm³/mol. The van der Waals surface area contributed by atoms with E-state index in [0.29, 0.717) is 12.3 Å². The van der Waals surface area contributed by atoms with E-state index < -0.39 is 0 Å². The van der Waals surface area contributed by atoms with Crippen molar-refractivity contribution in [3.8, 4) is 0 Å². The lowest BCUT2D eigenvalue weighted by molar-refractivity contribution is -0.137. The van der Waals surface area contributed by atoms with Gasteiger partial charge >= 0.3 is 0 Å². The van der Waals surface area contributed by atoms with Crippen molar-refractivity contribution in [2.24, 2.45) is 11.3 Å². The number of Topliss-reactive ketones (excluding diaryl/α,β-unsaturated/α-hetero) is 1. The number of hydrogen-bond acceptors (Lipinski definition) is 2. The van der Waals surface area contributed by atoms with Crippen molar-refractivity contribution in [1.82, 2.24) is 0 Å². The van der Waals surface area contributed by atoms with E-state index in [-0.39, 0.29) is 17.8 Å². The molecule has 0 saturated heterocycles. The molecule has 0 spiro atoms. The van der Waals surface area contributed by atoms with Gasteiger partial charge < -0.3 is 5.11 Å². The van der Waals surface area contributed by atoms with Gasteiger partial charge in [-0.2, -0.15) is 0 Å². The van der Waals surface area contributed by atoms with Crippen molar-refractivity contribution < 1.29 is 9.90 Å². The SMILES string of the molecule is CC(C)CC(=O)C1(CO)CCC1. The first-order valence-electron chi connectivity index (χ1n) is 4.75. The first-order chi connectivity index (χ1) is 5.60. The van der Waals surface area contributed by atoms with Crippen molar-refractivity contribution >= 4 is 5.78 Å². The molecule has 0 aromatic rings. The molecule has 0 bridgehead atoms. The van der Waals surface area contributed by atoms with E-state index >= 15 is 0 Å². The molecule has 0 aliphatic heterocycles. The van der Waals surface area contributed by atoms with Crippen LogP contribution in [-0.4, -0.2) is 17.5 Å². The molecular formula is C10H18O2. The number of hydrogen-bond donors (Lipinski definition) is 1. The number of carbonyl (C=O) groups excluding carboxylic acids is 1. The molecule has 2 heteroatoms. The molecule has 0 heterocycles. The zero-order chi connectivity index (χ0) is 9.19. The molecule has 1 fully saturated rings. The Kier molecular flexibility index (Phi) is 2.89. The van der Waals surface area contributed by atoms with Gasteiger partial charge in [-0.1, -0.05) is 20.3 Å². The molecule has 1 rings (SSSR count). The molecule has 0 amide bonds. The minimum atomic E-state index is -0.329. The lowest BCUT2D eigenvalue weighted by Gasteiger charge is -2.39. The summed E-state index contributed by atoms with van der Waals surface area (Å²) in [5.74, 6) is 0.688. The van der Waals surface area contributed by atoms with Gasteiger partial charge in [-0.15, -0.1) is 0 Å². The van der Waals surface area contributed by atoms with Crippen LogP contribution in [0.1, 0.15) is 39.5 Å². The van der Waals surface area contributed by atoms with Crippen molar-refractivity contribution in [2.45, 2.75) is 39.5 Å². The number of carbonyl (C=O) groups is 1. The van der Waals surface area contributed by atoms with Crippen molar-refractivity contribution in [2.75, 3.05) is 6.61 Å². The van der Waals surface area contributed by atoms with E-state index in [1.165, 1.54) is 0 Å². The van der Waals surface area contributed by atoms with Gasteiger partial charge in [0, 0.05) is 6.42 Å². The predicted octanol–water partition coefficient (Wildman–Crippen LogP) is 1.76. The molecule has 0 atom stereocenters. The lowest BCUT2D eigenvalue weighted by atomic mass is 9.65. The maximum atomic E-state index is 11.6. The van der Waals surface area contributed by atoms with Gasteiger partial charge in [0.1, 0.15) is 5.78 Å². The van der Waals surface area contributed by atoms with E-state index in [4.69, 9.17) is 5.11 Å². The molecule has 0 aromatic heterocycles. The van der Waals surface area contributed by atoms with Gasteiger partial charge in [-0.05, 0) is 18.8 Å². The third kappa shape index (κ3) is 1.69. The first-order valence-corrected chi connectivity index (χ1v) is 4.75. The van der Waals surface area contributed by atoms with Crippen LogP contribution >= 0.6 is 0 Å². The fraction of sp³-hybridized carbons (Fsp3) is 0.900. The van der Waals surface area contributed by atoms with Crippen LogP contribution in [0.3, 0.4) is 0 Å². The summed E-state index contributed by atoms with van der Waals surface area (Å²) in [6.45, 7) is 4.14. The Balaban J connectivity index is 2.49. The molecule has 2 nitrogen and oxygen atoms in total. The van der Waals surface area contributed by atoms with E-state index in [1.807, 2.05) is 13.8 Å². The second-order valence-electron chi connectivity index (χ2n) is 4.31. The zero-order valence-electron chi connectivity index (χ0n) is 7.97. The van der Waals surface area contributed by atoms with E-state index in [9.17, 15) is 4.79 Å². The third-order valence-electron chi connectivity index (χ3n) is 2.80. The normalized spacial score (nSPS) is 20.7. The van der Waals surface area contributed by atoms with Crippen LogP contribution in [-0.2, 0) is 4.79 Å². The van der Waals surface area contributed by atoms with Gasteiger partial charge in [0.15, 0.2) is 0 Å². The van der Waals surface area contributed by atoms with Crippen molar-refractivity contribution in [3.63, 3.8) is 0 Å². The number of rotatable bonds is 4. The summed E-state index contributed by atoms with van der Waals surface area (Å²) in [5, 5.41) is 9.10. The summed E-state index contributed by atoms with van der Waals surface area (Å²) in [4.78, 5) is 11.6. The van der Waals surface area contributed by atoms with Crippen LogP contribution in [0.4, 0.5) is 0 Å². The molecule has 0 radical (unpaired) electrons. The highest BCUT2D eigenvalue weighted by Crippen LogP contribution is 2.42. The maximum absolute atomic E-state index is 11.6. The minimum absolute atomic E-state index is 0.0541. The quantitative estimate of drug-likeness (QED) is 0.698. The van der Waals surface area contributed by atoms with Crippen LogP contribution < -0.4 is 0 Å². The average molecular weight is 170 g/mol. The van der Waals surface area contributed by atoms with Gasteiger partial charge in [-0.25, -0.2) is 0 Å². The molecule has 0 unspecified atom stereocenters. The highest BCUT2D eigenvalue weighted by atomic mass is 16.3. The molecular weight excluding hydrogens is 152 g/mol. The molecule has 70 valence electrons. The first kappa shape index (κ1) is 9.72. The van der Waals surface area contributed by atoms with E-state index in [2.05, 4.69) is 0 Å². The Labute approximate surface area is 74.0 Å². The molecule has 0 aromatic carbocycles. The monoisotopic (exact) mass is 170 g/mol. The Hall–Kier alpha value is -0.370. The Morgan fingerprint density at radius 3 is 2.33 bits per heavy atom. The van der Waals surface area contributed by atoms with Crippen molar-refractivity contribution in [3.05, 3.63) is 0 Å². The number of aliphatic hydroxyl groups is 1. The average Bonchev–Trinajstić information content (AvgIpc) is 1.83. The minimum Gasteiger partial charge on any atom is -0.395 e. The second-order valence-corrected chi connectivity index (χ2v) is 4.31. The zero-order valence-corrected chi connectivity index (χ0v) is 7.97. The standard InChI is InChI=1S/C10H18O2/c1-8(2)6-9(12)10(7-11)4-3-5-10/h8,11H,3-7H2,1-2H3. The van der Waals surface area contributed by atoms with Crippen LogP contribution in [0, 0.1) is 11.3 Å². The summed E-state index contributed by atoms with van der Waals surface area (Å²) in [6.07, 6.45) is 3.52. The maximum Gasteiger partial charge on any atom is 0.141 e. The van der Waals surface area contributed by atoms with Gasteiger partial charge in [-0.3, -0.25) is 4.79 Å². The van der Waals surface area contributed by atoms with Crippen LogP contribution in [0.15, 0.2) is 0 Å². The van der Waals surface area contributed by atoms with Crippen LogP contribution in [0.25, 0.3) is 0 Å². The number of ketones is 1. The third-order valence-corrected chi connectivity index (χ3v) is 2.80. The van der Waals surface area contributed by atoms with Gasteiger partial charge in [0.05, 0.1) is 12.0 Å².